The summed E-state index contributed by atoms with van der Waals surface area (Å²) in [6.07, 6.45) is 2.47. The van der Waals surface area contributed by atoms with Gasteiger partial charge in [-0.1, -0.05) is 18.2 Å². The Morgan fingerprint density at radius 3 is 2.76 bits per heavy atom. The number of ether oxygens (including phenoxy) is 1. The molecule has 0 saturated carbocycles. The number of benzene rings is 2. The van der Waals surface area contributed by atoms with Crippen LogP contribution >= 0.6 is 0 Å². The number of carbonyl (C=O) groups excluding carboxylic acids is 2. The minimum Gasteiger partial charge on any atom is -0.465 e. The molecule has 148 valence electrons. The summed E-state index contributed by atoms with van der Waals surface area (Å²) in [5.74, 6) is -0.439. The van der Waals surface area contributed by atoms with Crippen molar-refractivity contribution < 1.29 is 18.7 Å². The predicted octanol–water partition coefficient (Wildman–Crippen LogP) is 3.38. The summed E-state index contributed by atoms with van der Waals surface area (Å²) >= 11 is 0. The van der Waals surface area contributed by atoms with Crippen molar-refractivity contribution in [1.82, 2.24) is 14.8 Å². The van der Waals surface area contributed by atoms with E-state index in [9.17, 15) is 14.0 Å². The molecular formula is C21H19FN4O3. The second-order valence-corrected chi connectivity index (χ2v) is 6.79. The smallest absolute Gasteiger partial charge is 0.337 e. The number of aryl methyl sites for hydroxylation is 1. The average Bonchev–Trinajstić information content (AvgIpc) is 3.15. The fourth-order valence-electron chi connectivity index (χ4n) is 3.51. The maximum absolute atomic E-state index is 13.4. The third-order valence-electron chi connectivity index (χ3n) is 4.88. The molecule has 4 rings (SSSR count). The molecule has 8 heteroatoms. The van der Waals surface area contributed by atoms with Crippen LogP contribution in [0.15, 0.2) is 48.5 Å². The van der Waals surface area contributed by atoms with E-state index >= 15 is 0 Å². The molecule has 0 aliphatic carbocycles. The van der Waals surface area contributed by atoms with Crippen molar-refractivity contribution in [2.24, 2.45) is 0 Å². The van der Waals surface area contributed by atoms with Gasteiger partial charge in [-0.25, -0.2) is 13.9 Å². The van der Waals surface area contributed by atoms with Crippen LogP contribution in [0, 0.1) is 5.82 Å². The van der Waals surface area contributed by atoms with Gasteiger partial charge in [0, 0.05) is 12.0 Å². The monoisotopic (exact) mass is 394 g/mol. The first-order chi connectivity index (χ1) is 14.0. The summed E-state index contributed by atoms with van der Waals surface area (Å²) in [6.45, 7) is 0. The van der Waals surface area contributed by atoms with Gasteiger partial charge in [-0.3, -0.25) is 10.1 Å². The molecule has 0 spiro atoms. The van der Waals surface area contributed by atoms with Gasteiger partial charge < -0.3 is 4.74 Å². The number of nitrogens with zero attached hydrogens (tertiary/aromatic N) is 3. The van der Waals surface area contributed by atoms with Crippen molar-refractivity contribution in [2.75, 3.05) is 12.4 Å². The highest BCUT2D eigenvalue weighted by molar-refractivity contribution is 6.03. The topological polar surface area (TPSA) is 86.1 Å². The Morgan fingerprint density at radius 2 is 1.97 bits per heavy atom. The van der Waals surface area contributed by atoms with Gasteiger partial charge in [0.1, 0.15) is 11.6 Å². The van der Waals surface area contributed by atoms with Crippen molar-refractivity contribution in [3.05, 3.63) is 76.9 Å². The number of amides is 1. The summed E-state index contributed by atoms with van der Waals surface area (Å²) in [6, 6.07) is 12.6. The molecular weight excluding hydrogens is 375 g/mol. The van der Waals surface area contributed by atoms with Crippen LogP contribution in [0.3, 0.4) is 0 Å². The molecule has 1 aromatic heterocycles. The summed E-state index contributed by atoms with van der Waals surface area (Å²) in [5.41, 5.74) is 1.58. The molecule has 0 radical (unpaired) electrons. The molecule has 7 nitrogen and oxygen atoms in total. The van der Waals surface area contributed by atoms with Crippen LogP contribution in [0.2, 0.25) is 0 Å². The third kappa shape index (κ3) is 3.87. The second kappa shape index (κ2) is 7.83. The van der Waals surface area contributed by atoms with Gasteiger partial charge >= 0.3 is 5.97 Å². The van der Waals surface area contributed by atoms with Crippen LogP contribution in [0.4, 0.5) is 10.3 Å². The molecule has 1 N–H and O–H groups in total. The molecule has 1 atom stereocenters. The van der Waals surface area contributed by atoms with Gasteiger partial charge in [0.05, 0.1) is 18.7 Å². The van der Waals surface area contributed by atoms with Gasteiger partial charge in [-0.2, -0.15) is 4.98 Å². The van der Waals surface area contributed by atoms with E-state index in [0.29, 0.717) is 5.56 Å². The lowest BCUT2D eigenvalue weighted by molar-refractivity contribution is 0.0600. The minimum atomic E-state index is -0.486. The van der Waals surface area contributed by atoms with Crippen molar-refractivity contribution >= 4 is 17.8 Å². The third-order valence-corrected chi connectivity index (χ3v) is 4.88. The number of hydrogen-bond donors (Lipinski definition) is 1. The van der Waals surface area contributed by atoms with E-state index in [2.05, 4.69) is 15.4 Å². The molecule has 1 aliphatic heterocycles. The molecule has 2 heterocycles. The number of carbonyl (C=O) groups is 2. The molecule has 1 aliphatic rings. The zero-order valence-corrected chi connectivity index (χ0v) is 15.8. The number of hydrogen-bond acceptors (Lipinski definition) is 5. The average molecular weight is 394 g/mol. The highest BCUT2D eigenvalue weighted by Gasteiger charge is 2.26. The van der Waals surface area contributed by atoms with Gasteiger partial charge in [0.15, 0.2) is 0 Å². The Labute approximate surface area is 166 Å². The van der Waals surface area contributed by atoms with Crippen molar-refractivity contribution in [3.8, 4) is 0 Å². The lowest BCUT2D eigenvalue weighted by Crippen LogP contribution is -2.21. The Morgan fingerprint density at radius 1 is 1.17 bits per heavy atom. The summed E-state index contributed by atoms with van der Waals surface area (Å²) in [7, 11) is 1.35. The highest BCUT2D eigenvalue weighted by Crippen LogP contribution is 2.30. The maximum atomic E-state index is 13.4. The SMILES string of the molecule is COC(=O)c1cccc(C2CCCc3nc(NC(=O)c4cccc(F)c4)nn32)c1. The van der Waals surface area contributed by atoms with E-state index in [1.165, 1.54) is 25.3 Å². The van der Waals surface area contributed by atoms with Crippen LogP contribution in [0.5, 0.6) is 0 Å². The Hall–Kier alpha value is -3.55. The summed E-state index contributed by atoms with van der Waals surface area (Å²) in [4.78, 5) is 28.6. The Kier molecular flexibility index (Phi) is 5.07. The van der Waals surface area contributed by atoms with Gasteiger partial charge in [-0.05, 0) is 48.7 Å². The van der Waals surface area contributed by atoms with E-state index in [-0.39, 0.29) is 17.6 Å². The lowest BCUT2D eigenvalue weighted by Gasteiger charge is -2.24. The highest BCUT2D eigenvalue weighted by atomic mass is 19.1. The number of aromatic nitrogens is 3. The van der Waals surface area contributed by atoms with E-state index in [1.54, 1.807) is 22.9 Å². The second-order valence-electron chi connectivity index (χ2n) is 6.79. The zero-order chi connectivity index (χ0) is 20.4. The molecule has 3 aromatic rings. The first kappa shape index (κ1) is 18.8. The van der Waals surface area contributed by atoms with E-state index in [1.807, 2.05) is 6.07 Å². The molecule has 0 saturated heterocycles. The molecule has 1 amide bonds. The van der Waals surface area contributed by atoms with Crippen LogP contribution < -0.4 is 5.32 Å². The van der Waals surface area contributed by atoms with Crippen LogP contribution in [-0.2, 0) is 11.2 Å². The number of esters is 1. The Bertz CT molecular complexity index is 1080. The van der Waals surface area contributed by atoms with Crippen LogP contribution in [-0.4, -0.2) is 33.8 Å². The number of methoxy groups -OCH3 is 1. The number of rotatable bonds is 4. The number of fused-ring (bicyclic) bond motifs is 1. The summed E-state index contributed by atoms with van der Waals surface area (Å²) < 4.78 is 19.9. The van der Waals surface area contributed by atoms with Gasteiger partial charge in [-0.15, -0.1) is 5.10 Å². The molecule has 2 aromatic carbocycles. The number of halogens is 1. The number of nitrogens with one attached hydrogen (secondary N) is 1. The standard InChI is InChI=1S/C21H19FN4O3/c1-29-20(28)15-7-2-5-13(11-15)17-9-4-10-18-23-21(25-26(17)18)24-19(27)14-6-3-8-16(22)12-14/h2-3,5-8,11-12,17H,4,9-10H2,1H3,(H,24,25,27). The first-order valence-electron chi connectivity index (χ1n) is 9.26. The fourth-order valence-corrected chi connectivity index (χ4v) is 3.51. The maximum Gasteiger partial charge on any atom is 0.337 e. The fraction of sp³-hybridized carbons (Fsp3) is 0.238. The predicted molar refractivity (Wildman–Crippen MR) is 103 cm³/mol. The normalized spacial score (nSPS) is 15.4. The summed E-state index contributed by atoms with van der Waals surface area (Å²) in [5, 5.41) is 7.09. The molecule has 29 heavy (non-hydrogen) atoms. The Balaban J connectivity index is 1.60. The van der Waals surface area contributed by atoms with Crippen LogP contribution in [0.25, 0.3) is 0 Å². The van der Waals surface area contributed by atoms with E-state index in [0.717, 1.165) is 36.7 Å². The van der Waals surface area contributed by atoms with E-state index < -0.39 is 17.7 Å². The minimum absolute atomic E-state index is 0.101. The molecule has 0 bridgehead atoms. The van der Waals surface area contributed by atoms with E-state index in [4.69, 9.17) is 4.74 Å². The number of anilines is 1. The van der Waals surface area contributed by atoms with Crippen molar-refractivity contribution in [1.29, 1.82) is 0 Å². The lowest BCUT2D eigenvalue weighted by atomic mass is 9.96. The quantitative estimate of drug-likeness (QED) is 0.686. The van der Waals surface area contributed by atoms with Crippen LogP contribution in [0.1, 0.15) is 51.0 Å². The van der Waals surface area contributed by atoms with Crippen molar-refractivity contribution in [3.63, 3.8) is 0 Å². The van der Waals surface area contributed by atoms with Gasteiger partial charge in [0.25, 0.3) is 5.91 Å². The largest absolute Gasteiger partial charge is 0.465 e. The first-order valence-corrected chi connectivity index (χ1v) is 9.26. The zero-order valence-electron chi connectivity index (χ0n) is 15.8. The molecule has 0 fully saturated rings. The van der Waals surface area contributed by atoms with Gasteiger partial charge in [0.2, 0.25) is 5.95 Å². The van der Waals surface area contributed by atoms with Crippen molar-refractivity contribution in [2.45, 2.75) is 25.3 Å². The molecule has 1 unspecified atom stereocenters.